The Morgan fingerprint density at radius 2 is 2.17 bits per heavy atom. The first kappa shape index (κ1) is 17.3. The van der Waals surface area contributed by atoms with Crippen LogP contribution in [0.3, 0.4) is 0 Å². The lowest BCUT2D eigenvalue weighted by Crippen LogP contribution is -2.44. The largest absolute Gasteiger partial charge is 0.375 e. The summed E-state index contributed by atoms with van der Waals surface area (Å²) in [5, 5.41) is 0. The molecule has 0 unspecified atom stereocenters. The van der Waals surface area contributed by atoms with Crippen LogP contribution in [0.5, 0.6) is 0 Å². The molecule has 0 atom stereocenters. The molecule has 6 heteroatoms. The van der Waals surface area contributed by atoms with Crippen molar-refractivity contribution in [1.29, 1.82) is 0 Å². The Balaban J connectivity index is 2.03. The number of ether oxygens (including phenoxy) is 1. The maximum Gasteiger partial charge on any atom is 0.249 e. The van der Waals surface area contributed by atoms with Gasteiger partial charge in [0.2, 0.25) is 11.8 Å². The highest BCUT2D eigenvalue weighted by molar-refractivity contribution is 5.85. The number of carbonyl (C=O) groups excluding carboxylic acids is 2. The molecular weight excluding hydrogens is 294 g/mol. The van der Waals surface area contributed by atoms with Gasteiger partial charge in [0, 0.05) is 38.6 Å². The molecule has 126 valence electrons. The van der Waals surface area contributed by atoms with E-state index < -0.39 is 0 Å². The highest BCUT2D eigenvalue weighted by atomic mass is 16.5. The van der Waals surface area contributed by atoms with E-state index in [4.69, 9.17) is 4.74 Å². The van der Waals surface area contributed by atoms with Crippen molar-refractivity contribution in [1.82, 2.24) is 14.4 Å². The van der Waals surface area contributed by atoms with Crippen molar-refractivity contribution in [2.24, 2.45) is 7.05 Å². The van der Waals surface area contributed by atoms with Gasteiger partial charge in [-0.15, -0.1) is 6.58 Å². The SMILES string of the molecule is C=CCN(CC(=O)N(Cc1cccn1C)C1CC1)C(=O)COC. The lowest BCUT2D eigenvalue weighted by Gasteiger charge is -2.27. The van der Waals surface area contributed by atoms with Crippen molar-refractivity contribution in [2.45, 2.75) is 25.4 Å². The van der Waals surface area contributed by atoms with Gasteiger partial charge in [-0.05, 0) is 25.0 Å². The molecule has 0 aromatic carbocycles. The summed E-state index contributed by atoms with van der Waals surface area (Å²) in [4.78, 5) is 28.1. The molecule has 1 saturated carbocycles. The predicted octanol–water partition coefficient (Wildman–Crippen LogP) is 1.18. The van der Waals surface area contributed by atoms with E-state index >= 15 is 0 Å². The van der Waals surface area contributed by atoms with Crippen LogP contribution in [0.4, 0.5) is 0 Å². The molecule has 2 amide bonds. The molecule has 1 aromatic rings. The van der Waals surface area contributed by atoms with E-state index in [0.717, 1.165) is 18.5 Å². The molecule has 0 N–H and O–H groups in total. The average Bonchev–Trinajstić information content (AvgIpc) is 3.27. The standard InChI is InChI=1S/C17H25N3O3/c1-4-9-19(17(22)13-23-3)12-16(21)20(14-7-8-14)11-15-6-5-10-18(15)2/h4-6,10,14H,1,7-9,11-13H2,2-3H3. The summed E-state index contributed by atoms with van der Waals surface area (Å²) < 4.78 is 6.89. The third-order valence-electron chi connectivity index (χ3n) is 3.99. The highest BCUT2D eigenvalue weighted by Gasteiger charge is 2.33. The lowest BCUT2D eigenvalue weighted by atomic mass is 10.3. The van der Waals surface area contributed by atoms with Gasteiger partial charge in [-0.1, -0.05) is 6.08 Å². The molecule has 1 aromatic heterocycles. The molecule has 1 aliphatic carbocycles. The predicted molar refractivity (Wildman–Crippen MR) is 87.6 cm³/mol. The number of aryl methyl sites for hydroxylation is 1. The monoisotopic (exact) mass is 319 g/mol. The van der Waals surface area contributed by atoms with Crippen LogP contribution in [0, 0.1) is 0 Å². The number of hydrogen-bond acceptors (Lipinski definition) is 3. The molecular formula is C17H25N3O3. The third-order valence-corrected chi connectivity index (χ3v) is 3.99. The molecule has 0 spiro atoms. The van der Waals surface area contributed by atoms with Crippen LogP contribution in [0.2, 0.25) is 0 Å². The minimum Gasteiger partial charge on any atom is -0.375 e. The first-order chi connectivity index (χ1) is 11.1. The average molecular weight is 319 g/mol. The van der Waals surface area contributed by atoms with E-state index in [2.05, 4.69) is 6.58 Å². The van der Waals surface area contributed by atoms with E-state index in [1.165, 1.54) is 12.0 Å². The van der Waals surface area contributed by atoms with Gasteiger partial charge in [0.05, 0.1) is 6.54 Å². The molecule has 1 heterocycles. The zero-order valence-electron chi connectivity index (χ0n) is 13.9. The Bertz CT molecular complexity index is 563. The Labute approximate surface area is 137 Å². The number of carbonyl (C=O) groups is 2. The zero-order valence-corrected chi connectivity index (χ0v) is 13.9. The van der Waals surface area contributed by atoms with E-state index in [0.29, 0.717) is 19.1 Å². The van der Waals surface area contributed by atoms with Gasteiger partial charge in [-0.3, -0.25) is 9.59 Å². The Hall–Kier alpha value is -2.08. The second kappa shape index (κ2) is 7.97. The number of methoxy groups -OCH3 is 1. The minimum absolute atomic E-state index is 0.0254. The molecule has 23 heavy (non-hydrogen) atoms. The zero-order chi connectivity index (χ0) is 16.8. The smallest absolute Gasteiger partial charge is 0.249 e. The quantitative estimate of drug-likeness (QED) is 0.642. The van der Waals surface area contributed by atoms with Crippen LogP contribution in [-0.2, 0) is 27.9 Å². The molecule has 2 rings (SSSR count). The topological polar surface area (TPSA) is 54.8 Å². The van der Waals surface area contributed by atoms with Crippen molar-refractivity contribution in [3.05, 3.63) is 36.7 Å². The first-order valence-corrected chi connectivity index (χ1v) is 7.84. The molecule has 0 saturated heterocycles. The van der Waals surface area contributed by atoms with Gasteiger partial charge in [0.15, 0.2) is 0 Å². The summed E-state index contributed by atoms with van der Waals surface area (Å²) >= 11 is 0. The van der Waals surface area contributed by atoms with Crippen molar-refractivity contribution in [2.75, 3.05) is 26.8 Å². The maximum absolute atomic E-state index is 12.7. The van der Waals surface area contributed by atoms with Crippen LogP contribution in [0.15, 0.2) is 31.0 Å². The van der Waals surface area contributed by atoms with Crippen LogP contribution < -0.4 is 0 Å². The van der Waals surface area contributed by atoms with Crippen molar-refractivity contribution in [3.63, 3.8) is 0 Å². The highest BCUT2D eigenvalue weighted by Crippen LogP contribution is 2.28. The molecule has 0 bridgehead atoms. The van der Waals surface area contributed by atoms with Gasteiger partial charge in [0.1, 0.15) is 13.2 Å². The van der Waals surface area contributed by atoms with Crippen molar-refractivity contribution in [3.8, 4) is 0 Å². The molecule has 1 fully saturated rings. The molecule has 0 aliphatic heterocycles. The van der Waals surface area contributed by atoms with E-state index in [1.807, 2.05) is 34.8 Å². The van der Waals surface area contributed by atoms with Crippen molar-refractivity contribution >= 4 is 11.8 Å². The third kappa shape index (κ3) is 4.69. The Morgan fingerprint density at radius 1 is 1.43 bits per heavy atom. The van der Waals surface area contributed by atoms with Gasteiger partial charge < -0.3 is 19.1 Å². The summed E-state index contributed by atoms with van der Waals surface area (Å²) in [7, 11) is 3.44. The molecule has 6 nitrogen and oxygen atoms in total. The van der Waals surface area contributed by atoms with Crippen LogP contribution in [0.25, 0.3) is 0 Å². The Morgan fingerprint density at radius 3 is 2.70 bits per heavy atom. The van der Waals surface area contributed by atoms with E-state index in [-0.39, 0.29) is 25.0 Å². The van der Waals surface area contributed by atoms with Gasteiger partial charge in [-0.25, -0.2) is 0 Å². The summed E-state index contributed by atoms with van der Waals surface area (Å²) in [6.07, 6.45) is 5.66. The fourth-order valence-electron chi connectivity index (χ4n) is 2.52. The second-order valence-electron chi connectivity index (χ2n) is 5.86. The number of rotatable bonds is 9. The summed E-state index contributed by atoms with van der Waals surface area (Å²) in [5.74, 6) is -0.227. The van der Waals surface area contributed by atoms with Gasteiger partial charge in [-0.2, -0.15) is 0 Å². The lowest BCUT2D eigenvalue weighted by molar-refractivity contribution is -0.142. The van der Waals surface area contributed by atoms with Crippen molar-refractivity contribution < 1.29 is 14.3 Å². The molecule has 0 radical (unpaired) electrons. The van der Waals surface area contributed by atoms with Gasteiger partial charge in [0.25, 0.3) is 0 Å². The number of aromatic nitrogens is 1. The normalized spacial score (nSPS) is 13.7. The fourth-order valence-corrected chi connectivity index (χ4v) is 2.52. The molecule has 1 aliphatic rings. The number of hydrogen-bond donors (Lipinski definition) is 0. The number of amides is 2. The fraction of sp³-hybridized carbons (Fsp3) is 0.529. The summed E-state index contributed by atoms with van der Waals surface area (Å²) in [6.45, 7) is 4.61. The first-order valence-electron chi connectivity index (χ1n) is 7.84. The van der Waals surface area contributed by atoms with Crippen LogP contribution in [-0.4, -0.2) is 59.0 Å². The second-order valence-corrected chi connectivity index (χ2v) is 5.86. The maximum atomic E-state index is 12.7. The van der Waals surface area contributed by atoms with Crippen LogP contribution >= 0.6 is 0 Å². The van der Waals surface area contributed by atoms with Crippen LogP contribution in [0.1, 0.15) is 18.5 Å². The van der Waals surface area contributed by atoms with E-state index in [1.54, 1.807) is 6.08 Å². The van der Waals surface area contributed by atoms with Gasteiger partial charge >= 0.3 is 0 Å². The van der Waals surface area contributed by atoms with E-state index in [9.17, 15) is 9.59 Å². The minimum atomic E-state index is -0.199. The number of nitrogens with zero attached hydrogens (tertiary/aromatic N) is 3. The summed E-state index contributed by atoms with van der Waals surface area (Å²) in [6, 6.07) is 4.28. The summed E-state index contributed by atoms with van der Waals surface area (Å²) in [5.41, 5.74) is 1.09. The Kier molecular flexibility index (Phi) is 5.98.